The number of ether oxygens (including phenoxy) is 1. The van der Waals surface area contributed by atoms with E-state index in [2.05, 4.69) is 10.1 Å². The molecule has 1 rings (SSSR count). The van der Waals surface area contributed by atoms with Gasteiger partial charge < -0.3 is 19.6 Å². The van der Waals surface area contributed by atoms with Crippen LogP contribution in [-0.2, 0) is 11.3 Å². The second-order valence-corrected chi connectivity index (χ2v) is 4.72. The van der Waals surface area contributed by atoms with Crippen LogP contribution < -0.4 is 5.32 Å². The van der Waals surface area contributed by atoms with Crippen LogP contribution in [0.3, 0.4) is 0 Å². The number of rotatable bonds is 6. The van der Waals surface area contributed by atoms with E-state index in [1.807, 2.05) is 13.8 Å². The van der Waals surface area contributed by atoms with Crippen LogP contribution in [0.4, 0.5) is 0 Å². The summed E-state index contributed by atoms with van der Waals surface area (Å²) in [6.45, 7) is 5.22. The normalized spacial score (nSPS) is 11.5. The zero-order valence-electron chi connectivity index (χ0n) is 10.4. The Morgan fingerprint density at radius 1 is 1.59 bits per heavy atom. The highest BCUT2D eigenvalue weighted by molar-refractivity contribution is 5.88. The maximum Gasteiger partial charge on any atom is 0.341 e. The first kappa shape index (κ1) is 13.7. The molecular weight excluding hydrogens is 222 g/mol. The maximum absolute atomic E-state index is 11.2. The van der Waals surface area contributed by atoms with E-state index in [9.17, 15) is 4.79 Å². The van der Waals surface area contributed by atoms with Crippen LogP contribution in [0.5, 0.6) is 0 Å². The molecule has 0 unspecified atom stereocenters. The molecule has 1 aromatic rings. The summed E-state index contributed by atoms with van der Waals surface area (Å²) in [5.74, 6) is 0.259. The molecule has 0 saturated heterocycles. The molecule has 5 heteroatoms. The highest BCUT2D eigenvalue weighted by Gasteiger charge is 2.16. The third kappa shape index (κ3) is 4.20. The summed E-state index contributed by atoms with van der Waals surface area (Å²) in [5.41, 5.74) is 0.239. The summed E-state index contributed by atoms with van der Waals surface area (Å²) in [6.07, 6.45) is 1.38. The van der Waals surface area contributed by atoms with Gasteiger partial charge in [-0.2, -0.15) is 0 Å². The van der Waals surface area contributed by atoms with Crippen molar-refractivity contribution in [2.75, 3.05) is 20.3 Å². The Hall–Kier alpha value is -1.33. The van der Waals surface area contributed by atoms with Gasteiger partial charge in [0.2, 0.25) is 0 Å². The highest BCUT2D eigenvalue weighted by atomic mass is 16.5. The van der Waals surface area contributed by atoms with Gasteiger partial charge in [-0.05, 0) is 6.07 Å². The number of hydrogen-bond acceptors (Lipinski definition) is 5. The van der Waals surface area contributed by atoms with Crippen molar-refractivity contribution in [3.8, 4) is 0 Å². The Balaban J connectivity index is 2.43. The minimum absolute atomic E-state index is 0.117. The van der Waals surface area contributed by atoms with Crippen molar-refractivity contribution in [1.29, 1.82) is 0 Å². The summed E-state index contributed by atoms with van der Waals surface area (Å²) in [5, 5.41) is 12.2. The van der Waals surface area contributed by atoms with Gasteiger partial charge in [-0.1, -0.05) is 13.8 Å². The number of methoxy groups -OCH3 is 1. The molecule has 96 valence electrons. The lowest BCUT2D eigenvalue weighted by Gasteiger charge is -2.21. The van der Waals surface area contributed by atoms with E-state index < -0.39 is 5.97 Å². The average molecular weight is 241 g/mol. The molecule has 0 fully saturated rings. The first-order valence-electron chi connectivity index (χ1n) is 5.46. The van der Waals surface area contributed by atoms with Crippen LogP contribution in [0.2, 0.25) is 0 Å². The number of nitrogens with one attached hydrogen (secondary N) is 1. The molecule has 5 nitrogen and oxygen atoms in total. The molecule has 0 aromatic carbocycles. The van der Waals surface area contributed by atoms with Crippen molar-refractivity contribution in [2.24, 2.45) is 5.41 Å². The lowest BCUT2D eigenvalue weighted by molar-refractivity contribution is 0.0600. The minimum Gasteiger partial charge on any atom is -0.467 e. The molecular formula is C12H19NO4. The van der Waals surface area contributed by atoms with E-state index in [1.54, 1.807) is 6.07 Å². The molecule has 17 heavy (non-hydrogen) atoms. The maximum atomic E-state index is 11.2. The second-order valence-electron chi connectivity index (χ2n) is 4.72. The van der Waals surface area contributed by atoms with E-state index in [1.165, 1.54) is 13.4 Å². The molecule has 0 aliphatic carbocycles. The lowest BCUT2D eigenvalue weighted by atomic mass is 9.95. The zero-order chi connectivity index (χ0) is 12.9. The quantitative estimate of drug-likeness (QED) is 0.732. The van der Waals surface area contributed by atoms with E-state index in [0.717, 1.165) is 0 Å². The second kappa shape index (κ2) is 5.84. The third-order valence-corrected chi connectivity index (χ3v) is 2.41. The van der Waals surface area contributed by atoms with E-state index in [0.29, 0.717) is 24.4 Å². The van der Waals surface area contributed by atoms with Crippen LogP contribution in [0.25, 0.3) is 0 Å². The van der Waals surface area contributed by atoms with Crippen LogP contribution in [0.15, 0.2) is 16.7 Å². The van der Waals surface area contributed by atoms with Crippen LogP contribution in [0.1, 0.15) is 30.0 Å². The van der Waals surface area contributed by atoms with Gasteiger partial charge in [-0.25, -0.2) is 4.79 Å². The van der Waals surface area contributed by atoms with Gasteiger partial charge in [0.05, 0.1) is 19.2 Å². The lowest BCUT2D eigenvalue weighted by Crippen LogP contribution is -2.31. The number of hydrogen-bond donors (Lipinski definition) is 2. The molecule has 0 aliphatic heterocycles. The number of aliphatic hydroxyl groups excluding tert-OH is 1. The fourth-order valence-corrected chi connectivity index (χ4v) is 1.28. The van der Waals surface area contributed by atoms with Gasteiger partial charge in [0.25, 0.3) is 0 Å². The number of furan rings is 1. The first-order chi connectivity index (χ1) is 7.98. The Morgan fingerprint density at radius 2 is 2.29 bits per heavy atom. The predicted octanol–water partition coefficient (Wildman–Crippen LogP) is 1.17. The Morgan fingerprint density at radius 3 is 2.88 bits per heavy atom. The minimum atomic E-state index is -0.407. The topological polar surface area (TPSA) is 71.7 Å². The van der Waals surface area contributed by atoms with Crippen molar-refractivity contribution in [2.45, 2.75) is 20.4 Å². The van der Waals surface area contributed by atoms with E-state index >= 15 is 0 Å². The van der Waals surface area contributed by atoms with Crippen molar-refractivity contribution in [1.82, 2.24) is 5.32 Å². The standard InChI is InChI=1S/C12H19NO4/c1-12(2,8-14)7-13-5-10-4-9(6-17-10)11(15)16-3/h4,6,13-14H,5,7-8H2,1-3H3. The molecule has 2 N–H and O–H groups in total. The van der Waals surface area contributed by atoms with Crippen molar-refractivity contribution >= 4 is 5.97 Å². The fourth-order valence-electron chi connectivity index (χ4n) is 1.28. The SMILES string of the molecule is COC(=O)c1coc(CNCC(C)(C)CO)c1. The van der Waals surface area contributed by atoms with Crippen molar-refractivity contribution in [3.05, 3.63) is 23.7 Å². The molecule has 0 bridgehead atoms. The van der Waals surface area contributed by atoms with Crippen LogP contribution in [0, 0.1) is 5.41 Å². The van der Waals surface area contributed by atoms with Crippen LogP contribution in [-0.4, -0.2) is 31.3 Å². The zero-order valence-corrected chi connectivity index (χ0v) is 10.4. The molecule has 0 radical (unpaired) electrons. The molecule has 0 atom stereocenters. The third-order valence-electron chi connectivity index (χ3n) is 2.41. The van der Waals surface area contributed by atoms with Gasteiger partial charge in [0.15, 0.2) is 0 Å². The Labute approximate surface area is 101 Å². The van der Waals surface area contributed by atoms with Crippen molar-refractivity contribution < 1.29 is 19.1 Å². The molecule has 0 amide bonds. The predicted molar refractivity (Wildman–Crippen MR) is 62.6 cm³/mol. The van der Waals surface area contributed by atoms with Gasteiger partial charge in [-0.3, -0.25) is 0 Å². The van der Waals surface area contributed by atoms with Gasteiger partial charge in [-0.15, -0.1) is 0 Å². The summed E-state index contributed by atoms with van der Waals surface area (Å²) in [4.78, 5) is 11.2. The fraction of sp³-hybridized carbons (Fsp3) is 0.583. The first-order valence-corrected chi connectivity index (χ1v) is 5.46. The van der Waals surface area contributed by atoms with Gasteiger partial charge in [0, 0.05) is 18.6 Å². The summed E-state index contributed by atoms with van der Waals surface area (Å²) >= 11 is 0. The van der Waals surface area contributed by atoms with Gasteiger partial charge >= 0.3 is 5.97 Å². The largest absolute Gasteiger partial charge is 0.467 e. The van der Waals surface area contributed by atoms with Gasteiger partial charge in [0.1, 0.15) is 12.0 Å². The molecule has 0 aliphatic rings. The average Bonchev–Trinajstić information content (AvgIpc) is 2.76. The smallest absolute Gasteiger partial charge is 0.341 e. The Bertz CT molecular complexity index is 370. The molecule has 0 spiro atoms. The summed E-state index contributed by atoms with van der Waals surface area (Å²) < 4.78 is 9.78. The summed E-state index contributed by atoms with van der Waals surface area (Å²) in [7, 11) is 1.33. The molecule has 1 heterocycles. The molecule has 0 saturated carbocycles. The number of carbonyl (C=O) groups excluding carboxylic acids is 1. The monoisotopic (exact) mass is 241 g/mol. The van der Waals surface area contributed by atoms with E-state index in [4.69, 9.17) is 9.52 Å². The number of aliphatic hydroxyl groups is 1. The highest BCUT2D eigenvalue weighted by Crippen LogP contribution is 2.13. The van der Waals surface area contributed by atoms with E-state index in [-0.39, 0.29) is 12.0 Å². The van der Waals surface area contributed by atoms with Crippen LogP contribution >= 0.6 is 0 Å². The Kier molecular flexibility index (Phi) is 4.72. The number of esters is 1. The van der Waals surface area contributed by atoms with Crippen molar-refractivity contribution in [3.63, 3.8) is 0 Å². The number of carbonyl (C=O) groups is 1. The summed E-state index contributed by atoms with van der Waals surface area (Å²) in [6, 6.07) is 1.64. The molecule has 1 aromatic heterocycles.